The van der Waals surface area contributed by atoms with Crippen LogP contribution in [0.5, 0.6) is 0 Å². The van der Waals surface area contributed by atoms with E-state index in [-0.39, 0.29) is 29.9 Å². The van der Waals surface area contributed by atoms with E-state index in [4.69, 9.17) is 0 Å². The molecule has 0 unspecified atom stereocenters. The number of carbonyl (C=O) groups excluding carboxylic acids is 1. The normalized spacial score (nSPS) is 17.0. The van der Waals surface area contributed by atoms with Crippen molar-refractivity contribution in [2.24, 2.45) is 0 Å². The smallest absolute Gasteiger partial charge is 0.258 e. The number of hydrogen-bond donors (Lipinski definition) is 3. The van der Waals surface area contributed by atoms with Gasteiger partial charge in [0.15, 0.2) is 0 Å². The lowest BCUT2D eigenvalue weighted by Gasteiger charge is -2.23. The van der Waals surface area contributed by atoms with Crippen LogP contribution < -0.4 is 16.2 Å². The Morgan fingerprint density at radius 3 is 3.00 bits per heavy atom. The molecule has 25 heavy (non-hydrogen) atoms. The van der Waals surface area contributed by atoms with E-state index < -0.39 is 0 Å². The van der Waals surface area contributed by atoms with Gasteiger partial charge in [-0.25, -0.2) is 4.98 Å². The van der Waals surface area contributed by atoms with Crippen molar-refractivity contribution >= 4 is 41.0 Å². The largest absolute Gasteiger partial charge is 0.352 e. The molecule has 2 heterocycles. The van der Waals surface area contributed by atoms with Gasteiger partial charge in [0.2, 0.25) is 5.91 Å². The van der Waals surface area contributed by atoms with E-state index in [2.05, 4.69) is 20.6 Å². The lowest BCUT2D eigenvalue weighted by Crippen LogP contribution is -2.45. The molecule has 8 heteroatoms. The second-order valence-corrected chi connectivity index (χ2v) is 7.05. The zero-order chi connectivity index (χ0) is 16.8. The van der Waals surface area contributed by atoms with Crippen LogP contribution in [0.3, 0.4) is 0 Å². The van der Waals surface area contributed by atoms with Crippen molar-refractivity contribution in [2.45, 2.75) is 31.1 Å². The van der Waals surface area contributed by atoms with Gasteiger partial charge in [-0.05, 0) is 31.5 Å². The number of nitrogens with zero attached hydrogens (tertiary/aromatic N) is 1. The van der Waals surface area contributed by atoms with Crippen molar-refractivity contribution in [1.82, 2.24) is 20.6 Å². The number of nitrogens with one attached hydrogen (secondary N) is 3. The number of halogens is 1. The van der Waals surface area contributed by atoms with Crippen LogP contribution in [0.4, 0.5) is 0 Å². The topological polar surface area (TPSA) is 86.9 Å². The van der Waals surface area contributed by atoms with Gasteiger partial charge in [-0.2, -0.15) is 11.8 Å². The molecule has 1 aliphatic rings. The standard InChI is InChI=1S/C17H22N4O2S.ClH/c22-16(19-12-4-3-8-18-10-12)7-9-24-11-15-20-14-6-2-1-5-13(14)17(23)21-15;/h1-2,5-6,12,18H,3-4,7-11H2,(H,19,22)(H,20,21,23);1H/t12-;/m0./s1. The molecule has 0 bridgehead atoms. The number of H-pyrrole nitrogens is 1. The zero-order valence-corrected chi connectivity index (χ0v) is 15.5. The van der Waals surface area contributed by atoms with Crippen molar-refractivity contribution < 1.29 is 4.79 Å². The second-order valence-electron chi connectivity index (χ2n) is 5.94. The Balaban J connectivity index is 0.00000225. The fourth-order valence-corrected chi connectivity index (χ4v) is 3.62. The molecule has 1 aromatic heterocycles. The van der Waals surface area contributed by atoms with Crippen LogP contribution in [-0.2, 0) is 10.5 Å². The molecule has 0 spiro atoms. The minimum absolute atomic E-state index is 0. The Kier molecular flexibility index (Phi) is 7.74. The van der Waals surface area contributed by atoms with Crippen molar-refractivity contribution in [3.63, 3.8) is 0 Å². The molecule has 3 rings (SSSR count). The Morgan fingerprint density at radius 1 is 1.36 bits per heavy atom. The van der Waals surface area contributed by atoms with Crippen molar-refractivity contribution in [1.29, 1.82) is 0 Å². The first-order chi connectivity index (χ1) is 11.7. The number of piperidine rings is 1. The summed E-state index contributed by atoms with van der Waals surface area (Å²) >= 11 is 1.60. The molecule has 1 aromatic carbocycles. The third-order valence-electron chi connectivity index (χ3n) is 4.04. The third kappa shape index (κ3) is 5.73. The van der Waals surface area contributed by atoms with Gasteiger partial charge in [0.25, 0.3) is 5.56 Å². The van der Waals surface area contributed by atoms with Crippen LogP contribution in [0, 0.1) is 0 Å². The fraction of sp³-hybridized carbons (Fsp3) is 0.471. The lowest BCUT2D eigenvalue weighted by molar-refractivity contribution is -0.121. The first-order valence-corrected chi connectivity index (χ1v) is 9.43. The number of aromatic nitrogens is 2. The molecule has 0 aliphatic carbocycles. The quantitative estimate of drug-likeness (QED) is 0.663. The summed E-state index contributed by atoms with van der Waals surface area (Å²) in [6.45, 7) is 1.90. The number of aromatic amines is 1. The van der Waals surface area contributed by atoms with Gasteiger partial charge in [-0.1, -0.05) is 12.1 Å². The molecular formula is C17H23ClN4O2S. The van der Waals surface area contributed by atoms with Gasteiger partial charge in [-0.3, -0.25) is 9.59 Å². The highest BCUT2D eigenvalue weighted by atomic mass is 35.5. The molecule has 136 valence electrons. The Hall–Kier alpha value is -1.57. The van der Waals surface area contributed by atoms with E-state index in [0.717, 1.165) is 25.9 Å². The SMILES string of the molecule is Cl.O=C(CCSCc1nc2ccccc2c(=O)[nH]1)N[C@H]1CCCNC1. The maximum atomic E-state index is 12.0. The summed E-state index contributed by atoms with van der Waals surface area (Å²) in [6, 6.07) is 7.56. The van der Waals surface area contributed by atoms with Crippen LogP contribution in [0.25, 0.3) is 10.9 Å². The molecule has 1 fully saturated rings. The minimum atomic E-state index is -0.112. The van der Waals surface area contributed by atoms with Crippen LogP contribution in [-0.4, -0.2) is 40.8 Å². The van der Waals surface area contributed by atoms with Gasteiger partial charge in [-0.15, -0.1) is 12.4 Å². The number of fused-ring (bicyclic) bond motifs is 1. The van der Waals surface area contributed by atoms with Gasteiger partial charge < -0.3 is 15.6 Å². The Bertz CT molecular complexity index is 762. The van der Waals surface area contributed by atoms with E-state index in [1.54, 1.807) is 17.8 Å². The first kappa shape index (κ1) is 19.8. The van der Waals surface area contributed by atoms with Crippen molar-refractivity contribution in [3.8, 4) is 0 Å². The highest BCUT2D eigenvalue weighted by Crippen LogP contribution is 2.12. The molecule has 1 aliphatic heterocycles. The summed E-state index contributed by atoms with van der Waals surface area (Å²) in [4.78, 5) is 31.2. The van der Waals surface area contributed by atoms with E-state index in [9.17, 15) is 9.59 Å². The Labute approximate surface area is 157 Å². The molecule has 2 aromatic rings. The van der Waals surface area contributed by atoms with Crippen LogP contribution in [0.15, 0.2) is 29.1 Å². The van der Waals surface area contributed by atoms with Gasteiger partial charge >= 0.3 is 0 Å². The fourth-order valence-electron chi connectivity index (χ4n) is 2.81. The summed E-state index contributed by atoms with van der Waals surface area (Å²) in [7, 11) is 0. The average Bonchev–Trinajstić information content (AvgIpc) is 2.60. The third-order valence-corrected chi connectivity index (χ3v) is 5.01. The summed E-state index contributed by atoms with van der Waals surface area (Å²) < 4.78 is 0. The average molecular weight is 383 g/mol. The monoisotopic (exact) mass is 382 g/mol. The van der Waals surface area contributed by atoms with Gasteiger partial charge in [0.05, 0.1) is 16.7 Å². The van der Waals surface area contributed by atoms with E-state index in [1.807, 2.05) is 18.2 Å². The van der Waals surface area contributed by atoms with Crippen LogP contribution in [0.1, 0.15) is 25.1 Å². The molecular weight excluding hydrogens is 360 g/mol. The maximum absolute atomic E-state index is 12.0. The highest BCUT2D eigenvalue weighted by molar-refractivity contribution is 7.98. The molecule has 1 saturated heterocycles. The minimum Gasteiger partial charge on any atom is -0.352 e. The maximum Gasteiger partial charge on any atom is 0.258 e. The van der Waals surface area contributed by atoms with Gasteiger partial charge in [0.1, 0.15) is 5.82 Å². The summed E-state index contributed by atoms with van der Waals surface area (Å²) in [5, 5.41) is 6.95. The van der Waals surface area contributed by atoms with E-state index in [0.29, 0.717) is 34.7 Å². The number of benzene rings is 1. The first-order valence-electron chi connectivity index (χ1n) is 8.28. The molecule has 1 atom stereocenters. The highest BCUT2D eigenvalue weighted by Gasteiger charge is 2.14. The van der Waals surface area contributed by atoms with Crippen LogP contribution >= 0.6 is 24.2 Å². The summed E-state index contributed by atoms with van der Waals surface area (Å²) in [6.07, 6.45) is 2.65. The second kappa shape index (κ2) is 9.79. The Morgan fingerprint density at radius 2 is 2.20 bits per heavy atom. The van der Waals surface area contributed by atoms with Crippen LogP contribution in [0.2, 0.25) is 0 Å². The van der Waals surface area contributed by atoms with Gasteiger partial charge in [0, 0.05) is 24.8 Å². The number of rotatable bonds is 6. The summed E-state index contributed by atoms with van der Waals surface area (Å²) in [5.74, 6) is 2.05. The lowest BCUT2D eigenvalue weighted by atomic mass is 10.1. The zero-order valence-electron chi connectivity index (χ0n) is 13.9. The number of para-hydroxylation sites is 1. The number of amides is 1. The molecule has 0 saturated carbocycles. The number of hydrogen-bond acceptors (Lipinski definition) is 5. The molecule has 6 nitrogen and oxygen atoms in total. The predicted molar refractivity (Wildman–Crippen MR) is 104 cm³/mol. The summed E-state index contributed by atoms with van der Waals surface area (Å²) in [5.41, 5.74) is 0.595. The predicted octanol–water partition coefficient (Wildman–Crippen LogP) is 1.84. The van der Waals surface area contributed by atoms with E-state index in [1.165, 1.54) is 0 Å². The molecule has 0 radical (unpaired) electrons. The van der Waals surface area contributed by atoms with E-state index >= 15 is 0 Å². The molecule has 1 amide bonds. The number of thioether (sulfide) groups is 1. The van der Waals surface area contributed by atoms with Crippen molar-refractivity contribution in [2.75, 3.05) is 18.8 Å². The molecule has 3 N–H and O–H groups in total. The van der Waals surface area contributed by atoms with Crippen molar-refractivity contribution in [3.05, 3.63) is 40.4 Å². The number of carbonyl (C=O) groups is 1.